The molecule has 0 radical (unpaired) electrons. The summed E-state index contributed by atoms with van der Waals surface area (Å²) >= 11 is 9.23. The molecule has 0 spiro atoms. The summed E-state index contributed by atoms with van der Waals surface area (Å²) in [6, 6.07) is 17.2. The van der Waals surface area contributed by atoms with E-state index in [1.165, 1.54) is 48.6 Å². The molecule has 0 fully saturated rings. The number of ether oxygens (including phenoxy) is 1. The first kappa shape index (κ1) is 20.0. The second-order valence-electron chi connectivity index (χ2n) is 5.75. The molecule has 0 amide bonds. The minimum Gasteiger partial charge on any atom is -0.423 e. The summed E-state index contributed by atoms with van der Waals surface area (Å²) in [5, 5.41) is 0.222. The molecular weight excluding hydrogens is 447 g/mol. The molecule has 140 valence electrons. The summed E-state index contributed by atoms with van der Waals surface area (Å²) in [5.41, 5.74) is 0.928. The lowest BCUT2D eigenvalue weighted by atomic mass is 10.1. The van der Waals surface area contributed by atoms with E-state index in [0.29, 0.717) is 16.9 Å². The number of benzene rings is 3. The van der Waals surface area contributed by atoms with Gasteiger partial charge in [-0.25, -0.2) is 9.18 Å². The van der Waals surface area contributed by atoms with Gasteiger partial charge < -0.3 is 4.74 Å². The van der Waals surface area contributed by atoms with Crippen LogP contribution >= 0.6 is 27.5 Å². The van der Waals surface area contributed by atoms with Crippen molar-refractivity contribution in [1.82, 2.24) is 0 Å². The highest BCUT2D eigenvalue weighted by molar-refractivity contribution is 9.10. The number of hydrogen-bond donors (Lipinski definition) is 0. The summed E-state index contributed by atoms with van der Waals surface area (Å²) < 4.78 is 19.9. The van der Waals surface area contributed by atoms with Crippen molar-refractivity contribution in [2.45, 2.75) is 0 Å². The Kier molecular flexibility index (Phi) is 6.39. The van der Waals surface area contributed by atoms with Gasteiger partial charge in [0.1, 0.15) is 11.6 Å². The fourth-order valence-electron chi connectivity index (χ4n) is 2.36. The molecular formula is C22H13BrClFO3. The second kappa shape index (κ2) is 8.95. The van der Waals surface area contributed by atoms with Gasteiger partial charge in [0.05, 0.1) is 10.6 Å². The Morgan fingerprint density at radius 2 is 1.57 bits per heavy atom. The lowest BCUT2D eigenvalue weighted by molar-refractivity contribution is 0.0734. The lowest BCUT2D eigenvalue weighted by Crippen LogP contribution is -2.08. The van der Waals surface area contributed by atoms with Crippen LogP contribution in [0.2, 0.25) is 5.02 Å². The van der Waals surface area contributed by atoms with Gasteiger partial charge in [0.2, 0.25) is 0 Å². The average molecular weight is 460 g/mol. The predicted molar refractivity (Wildman–Crippen MR) is 110 cm³/mol. The zero-order chi connectivity index (χ0) is 20.1. The van der Waals surface area contributed by atoms with Crippen molar-refractivity contribution in [3.05, 3.63) is 105 Å². The number of rotatable bonds is 5. The Balaban J connectivity index is 1.68. The number of halogens is 3. The summed E-state index contributed by atoms with van der Waals surface area (Å²) in [7, 11) is 0. The Labute approximate surface area is 174 Å². The van der Waals surface area contributed by atoms with E-state index in [4.69, 9.17) is 16.3 Å². The third-order valence-electron chi connectivity index (χ3n) is 3.83. The van der Waals surface area contributed by atoms with Gasteiger partial charge in [-0.3, -0.25) is 4.79 Å². The molecule has 3 nitrogen and oxygen atoms in total. The van der Waals surface area contributed by atoms with E-state index in [2.05, 4.69) is 15.9 Å². The van der Waals surface area contributed by atoms with Crippen molar-refractivity contribution in [2.24, 2.45) is 0 Å². The molecule has 0 atom stereocenters. The third kappa shape index (κ3) is 4.94. The average Bonchev–Trinajstić information content (AvgIpc) is 2.68. The maximum atomic E-state index is 13.7. The predicted octanol–water partition coefficient (Wildman–Crippen LogP) is 6.36. The van der Waals surface area contributed by atoms with Crippen LogP contribution in [0, 0.1) is 5.82 Å². The van der Waals surface area contributed by atoms with E-state index >= 15 is 0 Å². The maximum absolute atomic E-state index is 13.7. The SMILES string of the molecule is O=C(/C=C/c1c(F)cccc1Cl)c1ccc(OC(=O)c2ccc(Br)cc2)cc1. The fourth-order valence-corrected chi connectivity index (χ4v) is 2.85. The summed E-state index contributed by atoms with van der Waals surface area (Å²) in [6.45, 7) is 0. The first-order valence-corrected chi connectivity index (χ1v) is 9.35. The molecule has 28 heavy (non-hydrogen) atoms. The fraction of sp³-hybridized carbons (Fsp3) is 0. The minimum absolute atomic E-state index is 0.151. The Morgan fingerprint density at radius 3 is 2.21 bits per heavy atom. The Bertz CT molecular complexity index is 1020. The number of allylic oxidation sites excluding steroid dienone is 1. The molecule has 3 aromatic carbocycles. The van der Waals surface area contributed by atoms with E-state index in [0.717, 1.165) is 4.47 Å². The van der Waals surface area contributed by atoms with Crippen LogP contribution in [0.15, 0.2) is 77.3 Å². The van der Waals surface area contributed by atoms with Crippen molar-refractivity contribution < 1.29 is 18.7 Å². The van der Waals surface area contributed by atoms with Gasteiger partial charge in [0.25, 0.3) is 0 Å². The van der Waals surface area contributed by atoms with Crippen LogP contribution in [-0.4, -0.2) is 11.8 Å². The molecule has 3 rings (SSSR count). The topological polar surface area (TPSA) is 43.4 Å². The molecule has 0 aliphatic rings. The highest BCUT2D eigenvalue weighted by Gasteiger charge is 2.10. The van der Waals surface area contributed by atoms with Gasteiger partial charge in [0.15, 0.2) is 5.78 Å². The quantitative estimate of drug-likeness (QED) is 0.193. The number of esters is 1. The van der Waals surface area contributed by atoms with Gasteiger partial charge in [-0.05, 0) is 72.8 Å². The molecule has 3 aromatic rings. The minimum atomic E-state index is -0.508. The van der Waals surface area contributed by atoms with Crippen molar-refractivity contribution in [2.75, 3.05) is 0 Å². The first-order chi connectivity index (χ1) is 13.4. The zero-order valence-corrected chi connectivity index (χ0v) is 16.7. The number of ketones is 1. The molecule has 0 saturated heterocycles. The van der Waals surface area contributed by atoms with E-state index in [1.807, 2.05) is 0 Å². The standard InChI is InChI=1S/C22H13BrClFO3/c23-16-8-4-15(5-9-16)22(27)28-17-10-6-14(7-11-17)21(26)13-12-18-19(24)2-1-3-20(18)25/h1-13H/b13-12+. The Morgan fingerprint density at radius 1 is 0.929 bits per heavy atom. The van der Waals surface area contributed by atoms with E-state index in [9.17, 15) is 14.0 Å². The first-order valence-electron chi connectivity index (χ1n) is 8.18. The van der Waals surface area contributed by atoms with Crippen molar-refractivity contribution in [1.29, 1.82) is 0 Å². The van der Waals surface area contributed by atoms with Gasteiger partial charge in [-0.1, -0.05) is 33.6 Å². The monoisotopic (exact) mass is 458 g/mol. The Hall–Kier alpha value is -2.76. The van der Waals surface area contributed by atoms with Gasteiger partial charge in [0, 0.05) is 15.6 Å². The van der Waals surface area contributed by atoms with Crippen molar-refractivity contribution in [3.63, 3.8) is 0 Å². The number of carbonyl (C=O) groups excluding carboxylic acids is 2. The van der Waals surface area contributed by atoms with Crippen LogP contribution in [0.3, 0.4) is 0 Å². The van der Waals surface area contributed by atoms with Gasteiger partial charge >= 0.3 is 5.97 Å². The summed E-state index contributed by atoms with van der Waals surface area (Å²) in [5.74, 6) is -1.02. The van der Waals surface area contributed by atoms with Crippen LogP contribution in [0.1, 0.15) is 26.3 Å². The smallest absolute Gasteiger partial charge is 0.343 e. The van der Waals surface area contributed by atoms with Crippen LogP contribution in [0.4, 0.5) is 4.39 Å². The molecule has 0 aliphatic heterocycles. The van der Waals surface area contributed by atoms with Gasteiger partial charge in [-0.15, -0.1) is 0 Å². The van der Waals surface area contributed by atoms with E-state index in [1.54, 1.807) is 30.3 Å². The highest BCUT2D eigenvalue weighted by Crippen LogP contribution is 2.21. The lowest BCUT2D eigenvalue weighted by Gasteiger charge is -2.05. The molecule has 0 aliphatic carbocycles. The van der Waals surface area contributed by atoms with Crippen molar-refractivity contribution >= 4 is 45.4 Å². The molecule has 0 N–H and O–H groups in total. The largest absolute Gasteiger partial charge is 0.423 e. The molecule has 0 bridgehead atoms. The molecule has 0 unspecified atom stereocenters. The zero-order valence-electron chi connectivity index (χ0n) is 14.4. The van der Waals surface area contributed by atoms with Crippen molar-refractivity contribution in [3.8, 4) is 5.75 Å². The number of carbonyl (C=O) groups is 2. The summed E-state index contributed by atoms with van der Waals surface area (Å²) in [4.78, 5) is 24.4. The molecule has 0 aromatic heterocycles. The highest BCUT2D eigenvalue weighted by atomic mass is 79.9. The molecule has 0 saturated carbocycles. The summed E-state index contributed by atoms with van der Waals surface area (Å²) in [6.07, 6.45) is 2.58. The third-order valence-corrected chi connectivity index (χ3v) is 4.69. The molecule has 6 heteroatoms. The normalized spacial score (nSPS) is 10.8. The van der Waals surface area contributed by atoms with E-state index < -0.39 is 11.8 Å². The van der Waals surface area contributed by atoms with Crippen LogP contribution in [-0.2, 0) is 0 Å². The van der Waals surface area contributed by atoms with Crippen LogP contribution in [0.25, 0.3) is 6.08 Å². The van der Waals surface area contributed by atoms with Crippen LogP contribution < -0.4 is 4.74 Å². The van der Waals surface area contributed by atoms with Crippen LogP contribution in [0.5, 0.6) is 5.75 Å². The van der Waals surface area contributed by atoms with Gasteiger partial charge in [-0.2, -0.15) is 0 Å². The second-order valence-corrected chi connectivity index (χ2v) is 7.08. The maximum Gasteiger partial charge on any atom is 0.343 e. The number of hydrogen-bond acceptors (Lipinski definition) is 3. The van der Waals surface area contributed by atoms with E-state index in [-0.39, 0.29) is 16.4 Å². The molecule has 0 heterocycles.